The van der Waals surface area contributed by atoms with Gasteiger partial charge in [-0.1, -0.05) is 38.0 Å². The Morgan fingerprint density at radius 3 is 2.27 bits per heavy atom. The van der Waals surface area contributed by atoms with E-state index < -0.39 is 20.5 Å². The van der Waals surface area contributed by atoms with Crippen LogP contribution in [0.25, 0.3) is 10.4 Å². The Labute approximate surface area is 155 Å². The molecule has 0 aliphatic heterocycles. The molecular formula is C19H27N3O3Si. The van der Waals surface area contributed by atoms with Gasteiger partial charge in [0.1, 0.15) is 17.6 Å². The molecule has 2 rings (SSSR count). The van der Waals surface area contributed by atoms with E-state index >= 15 is 0 Å². The first-order chi connectivity index (χ1) is 12.2. The van der Waals surface area contributed by atoms with Crippen molar-refractivity contribution in [3.63, 3.8) is 0 Å². The largest absolute Gasteiger partial charge is 0.497 e. The van der Waals surface area contributed by atoms with E-state index in [4.69, 9.17) is 19.1 Å². The molecule has 0 radical (unpaired) electrons. The lowest BCUT2D eigenvalue weighted by Gasteiger charge is -2.40. The topological polar surface area (TPSA) is 80.4 Å². The monoisotopic (exact) mass is 373 g/mol. The molecule has 1 heterocycles. The first-order valence-electron chi connectivity index (χ1n) is 8.59. The van der Waals surface area contributed by atoms with E-state index in [1.807, 2.05) is 36.4 Å². The van der Waals surface area contributed by atoms with Crippen LogP contribution in [-0.4, -0.2) is 15.4 Å². The van der Waals surface area contributed by atoms with Gasteiger partial charge in [0.25, 0.3) is 0 Å². The lowest BCUT2D eigenvalue weighted by atomic mass is 10.0. The minimum atomic E-state index is -2.13. The van der Waals surface area contributed by atoms with E-state index in [0.717, 1.165) is 11.3 Å². The number of furan rings is 1. The van der Waals surface area contributed by atoms with Crippen molar-refractivity contribution in [2.45, 2.75) is 51.0 Å². The fourth-order valence-corrected chi connectivity index (χ4v) is 3.62. The van der Waals surface area contributed by atoms with Gasteiger partial charge in [-0.3, -0.25) is 0 Å². The van der Waals surface area contributed by atoms with E-state index in [-0.39, 0.29) is 5.04 Å². The third-order valence-electron chi connectivity index (χ3n) is 4.97. The minimum Gasteiger partial charge on any atom is -0.497 e. The molecule has 0 N–H and O–H groups in total. The maximum atomic E-state index is 9.16. The number of ether oxygens (including phenoxy) is 1. The zero-order valence-corrected chi connectivity index (χ0v) is 17.3. The van der Waals surface area contributed by atoms with Gasteiger partial charge in [-0.15, -0.1) is 0 Å². The zero-order valence-electron chi connectivity index (χ0n) is 16.3. The summed E-state index contributed by atoms with van der Waals surface area (Å²) >= 11 is 0. The molecule has 0 amide bonds. The molecule has 0 bridgehead atoms. The van der Waals surface area contributed by atoms with E-state index in [9.17, 15) is 0 Å². The molecule has 1 aromatic carbocycles. The van der Waals surface area contributed by atoms with Crippen LogP contribution in [0.15, 0.2) is 52.2 Å². The molecule has 0 saturated carbocycles. The summed E-state index contributed by atoms with van der Waals surface area (Å²) in [6.45, 7) is 10.9. The Bertz CT molecular complexity index is 745. The fraction of sp³-hybridized carbons (Fsp3) is 0.474. The first-order valence-corrected chi connectivity index (χ1v) is 11.5. The standard InChI is InChI=1S/C19H27N3O3Si/c1-19(2,3)26(5,6)25-18(16-8-7-13-24-16)17(21-22-20)14-9-11-15(23-4)12-10-14/h7-13,17-18H,1-6H3/t17-,18+/m0/s1. The average molecular weight is 374 g/mol. The Kier molecular flexibility index (Phi) is 6.18. The highest BCUT2D eigenvalue weighted by Gasteiger charge is 2.42. The van der Waals surface area contributed by atoms with E-state index in [1.165, 1.54) is 0 Å². The van der Waals surface area contributed by atoms with Crippen LogP contribution in [0.3, 0.4) is 0 Å². The lowest BCUT2D eigenvalue weighted by Crippen LogP contribution is -2.42. The highest BCUT2D eigenvalue weighted by Crippen LogP contribution is 2.44. The van der Waals surface area contributed by atoms with Crippen LogP contribution >= 0.6 is 0 Å². The van der Waals surface area contributed by atoms with Crippen molar-refractivity contribution in [3.05, 3.63) is 64.4 Å². The normalized spacial score (nSPS) is 14.4. The van der Waals surface area contributed by atoms with E-state index in [1.54, 1.807) is 13.4 Å². The van der Waals surface area contributed by atoms with Crippen molar-refractivity contribution in [2.75, 3.05) is 7.11 Å². The van der Waals surface area contributed by atoms with Gasteiger partial charge >= 0.3 is 0 Å². The zero-order chi connectivity index (χ0) is 19.4. The molecule has 0 fully saturated rings. The molecule has 0 spiro atoms. The molecule has 2 aromatic rings. The second kappa shape index (κ2) is 7.99. The van der Waals surface area contributed by atoms with Crippen LogP contribution in [0.1, 0.15) is 44.2 Å². The summed E-state index contributed by atoms with van der Waals surface area (Å²) < 4.78 is 17.5. The SMILES string of the molecule is COc1ccc([C@H](N=[N+]=[N-])[C@H](O[Si](C)(C)C(C)(C)C)c2ccco2)cc1. The molecule has 2 atom stereocenters. The van der Waals surface area contributed by atoms with Crippen molar-refractivity contribution < 1.29 is 13.6 Å². The number of benzene rings is 1. The third kappa shape index (κ3) is 4.49. The molecule has 0 aliphatic rings. The maximum Gasteiger partial charge on any atom is 0.193 e. The summed E-state index contributed by atoms with van der Waals surface area (Å²) in [7, 11) is -0.517. The number of rotatable bonds is 7. The molecular weight excluding hydrogens is 346 g/mol. The summed E-state index contributed by atoms with van der Waals surface area (Å²) in [4.78, 5) is 3.07. The summed E-state index contributed by atoms with van der Waals surface area (Å²) in [6.07, 6.45) is 1.12. The van der Waals surface area contributed by atoms with Crippen molar-refractivity contribution in [1.82, 2.24) is 0 Å². The molecule has 7 heteroatoms. The van der Waals surface area contributed by atoms with Crippen molar-refractivity contribution in [1.29, 1.82) is 0 Å². The van der Waals surface area contributed by atoms with Gasteiger partial charge in [-0.2, -0.15) is 0 Å². The highest BCUT2D eigenvalue weighted by atomic mass is 28.4. The summed E-state index contributed by atoms with van der Waals surface area (Å²) in [5.74, 6) is 1.40. The number of hydrogen-bond acceptors (Lipinski definition) is 4. The molecule has 0 saturated heterocycles. The molecule has 1 aromatic heterocycles. The van der Waals surface area contributed by atoms with Crippen molar-refractivity contribution in [3.8, 4) is 5.75 Å². The van der Waals surface area contributed by atoms with Crippen LogP contribution in [0.4, 0.5) is 0 Å². The van der Waals surface area contributed by atoms with Crippen LogP contribution in [-0.2, 0) is 4.43 Å². The Morgan fingerprint density at radius 2 is 1.81 bits per heavy atom. The van der Waals surface area contributed by atoms with Crippen LogP contribution in [0, 0.1) is 0 Å². The second-order valence-corrected chi connectivity index (χ2v) is 12.5. The molecule has 0 aliphatic carbocycles. The van der Waals surface area contributed by atoms with Crippen molar-refractivity contribution >= 4 is 8.32 Å². The van der Waals surface area contributed by atoms with Gasteiger partial charge in [-0.25, -0.2) is 0 Å². The van der Waals surface area contributed by atoms with Gasteiger partial charge in [0.2, 0.25) is 0 Å². The molecule has 26 heavy (non-hydrogen) atoms. The minimum absolute atomic E-state index is 0.0126. The first kappa shape index (κ1) is 20.1. The highest BCUT2D eigenvalue weighted by molar-refractivity contribution is 6.74. The Balaban J connectivity index is 2.48. The maximum absolute atomic E-state index is 9.16. The quantitative estimate of drug-likeness (QED) is 0.243. The molecule has 6 nitrogen and oxygen atoms in total. The number of nitrogens with zero attached hydrogens (tertiary/aromatic N) is 3. The van der Waals surface area contributed by atoms with Gasteiger partial charge in [-0.05, 0) is 53.5 Å². The number of hydrogen-bond donors (Lipinski definition) is 0. The van der Waals surface area contributed by atoms with E-state index in [2.05, 4.69) is 43.9 Å². The molecule has 140 valence electrons. The number of methoxy groups -OCH3 is 1. The van der Waals surface area contributed by atoms with Gasteiger partial charge in [0.15, 0.2) is 8.32 Å². The third-order valence-corrected chi connectivity index (χ3v) is 9.43. The van der Waals surface area contributed by atoms with Gasteiger partial charge in [0, 0.05) is 4.91 Å². The van der Waals surface area contributed by atoms with Gasteiger partial charge < -0.3 is 13.6 Å². The van der Waals surface area contributed by atoms with Crippen LogP contribution < -0.4 is 4.74 Å². The summed E-state index contributed by atoms with van der Waals surface area (Å²) in [5.41, 5.74) is 10.0. The Hall–Kier alpha value is -2.21. The molecule has 0 unspecified atom stereocenters. The number of azide groups is 1. The Morgan fingerprint density at radius 1 is 1.15 bits per heavy atom. The lowest BCUT2D eigenvalue weighted by molar-refractivity contribution is 0.129. The summed E-state index contributed by atoms with van der Waals surface area (Å²) in [6, 6.07) is 10.6. The average Bonchev–Trinajstić information content (AvgIpc) is 3.11. The predicted molar refractivity (Wildman–Crippen MR) is 105 cm³/mol. The fourth-order valence-electron chi connectivity index (χ4n) is 2.38. The van der Waals surface area contributed by atoms with Crippen LogP contribution in [0.2, 0.25) is 18.1 Å². The summed E-state index contributed by atoms with van der Waals surface area (Å²) in [5, 5.41) is 4.06. The smallest absolute Gasteiger partial charge is 0.193 e. The predicted octanol–water partition coefficient (Wildman–Crippen LogP) is 6.40. The van der Waals surface area contributed by atoms with Crippen LogP contribution in [0.5, 0.6) is 5.75 Å². The van der Waals surface area contributed by atoms with Crippen molar-refractivity contribution in [2.24, 2.45) is 5.11 Å². The van der Waals surface area contributed by atoms with E-state index in [0.29, 0.717) is 5.76 Å². The van der Waals surface area contributed by atoms with Gasteiger partial charge in [0.05, 0.1) is 19.4 Å². The second-order valence-electron chi connectivity index (χ2n) is 7.74.